The molecule has 1 aliphatic rings. The Morgan fingerprint density at radius 3 is 3.11 bits per heavy atom. The molecule has 1 heterocycles. The standard InChI is InChI=1S/C13H21N3O2/c1-18-8-6-14-13(17)10-16-7-2-3-12(16)9-15-11-4-5-11/h2-3,7,11,15H,4-6,8-10H2,1H3,(H,14,17). The number of amides is 1. The van der Waals surface area contributed by atoms with Crippen LogP contribution in [0, 0.1) is 0 Å². The summed E-state index contributed by atoms with van der Waals surface area (Å²) < 4.78 is 6.88. The predicted octanol–water partition coefficient (Wildman–Crippen LogP) is 0.503. The average molecular weight is 251 g/mol. The van der Waals surface area contributed by atoms with Gasteiger partial charge in [-0.1, -0.05) is 0 Å². The van der Waals surface area contributed by atoms with E-state index in [-0.39, 0.29) is 5.91 Å². The monoisotopic (exact) mass is 251 g/mol. The van der Waals surface area contributed by atoms with E-state index in [0.29, 0.717) is 25.7 Å². The van der Waals surface area contributed by atoms with Crippen molar-refractivity contribution in [2.75, 3.05) is 20.3 Å². The molecule has 0 aromatic carbocycles. The van der Waals surface area contributed by atoms with E-state index in [9.17, 15) is 4.79 Å². The number of nitrogens with one attached hydrogen (secondary N) is 2. The zero-order chi connectivity index (χ0) is 12.8. The molecule has 0 spiro atoms. The lowest BCUT2D eigenvalue weighted by atomic mass is 10.4. The van der Waals surface area contributed by atoms with E-state index >= 15 is 0 Å². The van der Waals surface area contributed by atoms with Gasteiger partial charge in [-0.15, -0.1) is 0 Å². The molecule has 2 rings (SSSR count). The minimum Gasteiger partial charge on any atom is -0.383 e. The molecule has 2 N–H and O–H groups in total. The van der Waals surface area contributed by atoms with Crippen LogP contribution in [0.15, 0.2) is 18.3 Å². The van der Waals surface area contributed by atoms with Gasteiger partial charge in [0.15, 0.2) is 0 Å². The third-order valence-corrected chi connectivity index (χ3v) is 3.02. The van der Waals surface area contributed by atoms with Crippen molar-refractivity contribution in [3.8, 4) is 0 Å². The Labute approximate surface area is 108 Å². The number of hydrogen-bond acceptors (Lipinski definition) is 3. The lowest BCUT2D eigenvalue weighted by Gasteiger charge is -2.10. The van der Waals surface area contributed by atoms with E-state index in [1.807, 2.05) is 16.8 Å². The second-order valence-corrected chi connectivity index (χ2v) is 4.63. The van der Waals surface area contributed by atoms with Crippen LogP contribution in [0.25, 0.3) is 0 Å². The molecule has 100 valence electrons. The number of rotatable bonds is 8. The van der Waals surface area contributed by atoms with Crippen LogP contribution in [0.4, 0.5) is 0 Å². The molecule has 0 unspecified atom stereocenters. The third kappa shape index (κ3) is 4.16. The predicted molar refractivity (Wildman–Crippen MR) is 69.2 cm³/mol. The van der Waals surface area contributed by atoms with Crippen LogP contribution < -0.4 is 10.6 Å². The molecule has 0 bridgehead atoms. The van der Waals surface area contributed by atoms with Gasteiger partial charge in [0.2, 0.25) is 5.91 Å². The first-order valence-electron chi connectivity index (χ1n) is 6.42. The van der Waals surface area contributed by atoms with Crippen LogP contribution in [-0.4, -0.2) is 36.8 Å². The highest BCUT2D eigenvalue weighted by Gasteiger charge is 2.20. The second kappa shape index (κ2) is 6.56. The molecule has 1 aromatic rings. The normalized spacial score (nSPS) is 14.7. The van der Waals surface area contributed by atoms with Gasteiger partial charge in [0.05, 0.1) is 6.61 Å². The lowest BCUT2D eigenvalue weighted by molar-refractivity contribution is -0.121. The number of carbonyl (C=O) groups excluding carboxylic acids is 1. The van der Waals surface area contributed by atoms with Crippen LogP contribution in [-0.2, 0) is 22.6 Å². The first-order valence-corrected chi connectivity index (χ1v) is 6.42. The zero-order valence-corrected chi connectivity index (χ0v) is 10.8. The summed E-state index contributed by atoms with van der Waals surface area (Å²) in [5, 5.41) is 6.27. The van der Waals surface area contributed by atoms with Crippen LogP contribution in [0.2, 0.25) is 0 Å². The van der Waals surface area contributed by atoms with Crippen molar-refractivity contribution in [3.05, 3.63) is 24.0 Å². The topological polar surface area (TPSA) is 55.3 Å². The maximum absolute atomic E-state index is 11.7. The Balaban J connectivity index is 1.76. The van der Waals surface area contributed by atoms with E-state index in [4.69, 9.17) is 4.74 Å². The molecule has 1 amide bonds. The summed E-state index contributed by atoms with van der Waals surface area (Å²) in [5.41, 5.74) is 1.16. The Bertz CT molecular complexity index is 385. The number of methoxy groups -OCH3 is 1. The van der Waals surface area contributed by atoms with Crippen molar-refractivity contribution in [2.24, 2.45) is 0 Å². The molecule has 0 radical (unpaired) electrons. The SMILES string of the molecule is COCCNC(=O)Cn1cccc1CNC1CC1. The van der Waals surface area contributed by atoms with Crippen LogP contribution in [0.3, 0.4) is 0 Å². The summed E-state index contributed by atoms with van der Waals surface area (Å²) in [6, 6.07) is 4.72. The van der Waals surface area contributed by atoms with Crippen LogP contribution >= 0.6 is 0 Å². The number of aromatic nitrogens is 1. The Morgan fingerprint density at radius 2 is 2.39 bits per heavy atom. The molecular formula is C13H21N3O2. The highest BCUT2D eigenvalue weighted by molar-refractivity contribution is 5.75. The summed E-state index contributed by atoms with van der Waals surface area (Å²) >= 11 is 0. The van der Waals surface area contributed by atoms with Crippen molar-refractivity contribution >= 4 is 5.91 Å². The van der Waals surface area contributed by atoms with Gasteiger partial charge in [-0.05, 0) is 25.0 Å². The molecule has 0 saturated heterocycles. The summed E-state index contributed by atoms with van der Waals surface area (Å²) in [7, 11) is 1.62. The van der Waals surface area contributed by atoms with Crippen molar-refractivity contribution in [1.82, 2.24) is 15.2 Å². The van der Waals surface area contributed by atoms with E-state index in [0.717, 1.165) is 12.2 Å². The van der Waals surface area contributed by atoms with Crippen molar-refractivity contribution in [3.63, 3.8) is 0 Å². The van der Waals surface area contributed by atoms with Gasteiger partial charge in [0.25, 0.3) is 0 Å². The highest BCUT2D eigenvalue weighted by Crippen LogP contribution is 2.19. The summed E-state index contributed by atoms with van der Waals surface area (Å²) in [4.78, 5) is 11.7. The first kappa shape index (κ1) is 13.1. The molecule has 1 fully saturated rings. The van der Waals surface area contributed by atoms with E-state index in [1.54, 1.807) is 7.11 Å². The summed E-state index contributed by atoms with van der Waals surface area (Å²) in [6.45, 7) is 2.32. The largest absolute Gasteiger partial charge is 0.383 e. The van der Waals surface area contributed by atoms with Gasteiger partial charge in [-0.2, -0.15) is 0 Å². The number of carbonyl (C=O) groups is 1. The maximum Gasteiger partial charge on any atom is 0.240 e. The molecule has 18 heavy (non-hydrogen) atoms. The molecular weight excluding hydrogens is 230 g/mol. The molecule has 1 aliphatic carbocycles. The van der Waals surface area contributed by atoms with Gasteiger partial charge < -0.3 is 19.9 Å². The third-order valence-electron chi connectivity index (χ3n) is 3.02. The summed E-state index contributed by atoms with van der Waals surface area (Å²) in [6.07, 6.45) is 4.50. The lowest BCUT2D eigenvalue weighted by Crippen LogP contribution is -2.31. The first-order chi connectivity index (χ1) is 8.79. The van der Waals surface area contributed by atoms with Gasteiger partial charge in [0.1, 0.15) is 6.54 Å². The van der Waals surface area contributed by atoms with Gasteiger partial charge >= 0.3 is 0 Å². The summed E-state index contributed by atoms with van der Waals surface area (Å²) in [5.74, 6) is 0.0240. The van der Waals surface area contributed by atoms with Crippen molar-refractivity contribution < 1.29 is 9.53 Å². The molecule has 5 heteroatoms. The van der Waals surface area contributed by atoms with Gasteiger partial charge in [-0.3, -0.25) is 4.79 Å². The highest BCUT2D eigenvalue weighted by atomic mass is 16.5. The van der Waals surface area contributed by atoms with Crippen molar-refractivity contribution in [1.29, 1.82) is 0 Å². The fraction of sp³-hybridized carbons (Fsp3) is 0.615. The van der Waals surface area contributed by atoms with Crippen LogP contribution in [0.1, 0.15) is 18.5 Å². The smallest absolute Gasteiger partial charge is 0.240 e. The number of nitrogens with zero attached hydrogens (tertiary/aromatic N) is 1. The maximum atomic E-state index is 11.7. The molecule has 1 aromatic heterocycles. The molecule has 0 aliphatic heterocycles. The second-order valence-electron chi connectivity index (χ2n) is 4.63. The van der Waals surface area contributed by atoms with Gasteiger partial charge in [-0.25, -0.2) is 0 Å². The number of ether oxygens (including phenoxy) is 1. The molecule has 5 nitrogen and oxygen atoms in total. The minimum absolute atomic E-state index is 0.0240. The fourth-order valence-electron chi connectivity index (χ4n) is 1.80. The molecule has 0 atom stereocenters. The van der Waals surface area contributed by atoms with E-state index in [1.165, 1.54) is 12.8 Å². The fourth-order valence-corrected chi connectivity index (χ4v) is 1.80. The average Bonchev–Trinajstić information content (AvgIpc) is 3.08. The zero-order valence-electron chi connectivity index (χ0n) is 10.8. The quantitative estimate of drug-likeness (QED) is 0.662. The van der Waals surface area contributed by atoms with Gasteiger partial charge in [0, 0.05) is 38.1 Å². The van der Waals surface area contributed by atoms with E-state index in [2.05, 4.69) is 16.7 Å². The van der Waals surface area contributed by atoms with Crippen molar-refractivity contribution in [2.45, 2.75) is 32.0 Å². The molecule has 1 saturated carbocycles. The Kier molecular flexibility index (Phi) is 4.78. The van der Waals surface area contributed by atoms with E-state index < -0.39 is 0 Å². The minimum atomic E-state index is 0.0240. The Hall–Kier alpha value is -1.33. The van der Waals surface area contributed by atoms with Crippen LogP contribution in [0.5, 0.6) is 0 Å². The number of hydrogen-bond donors (Lipinski definition) is 2. The Morgan fingerprint density at radius 1 is 1.56 bits per heavy atom.